The molecule has 0 amide bonds. The fourth-order valence-electron chi connectivity index (χ4n) is 5.01. The summed E-state index contributed by atoms with van der Waals surface area (Å²) >= 11 is 5.56. The second kappa shape index (κ2) is 14.9. The van der Waals surface area contributed by atoms with Crippen LogP contribution in [-0.4, -0.2) is 52.2 Å². The molecule has 0 aromatic heterocycles. The molecule has 1 fully saturated rings. The summed E-state index contributed by atoms with van der Waals surface area (Å²) in [5.41, 5.74) is 5.40. The Kier molecular flexibility index (Phi) is 12.0. The van der Waals surface area contributed by atoms with Gasteiger partial charge in [-0.15, -0.1) is 0 Å². The molecule has 1 heterocycles. The molecule has 0 saturated carbocycles. The number of halogens is 1. The van der Waals surface area contributed by atoms with Crippen LogP contribution >= 0.6 is 11.6 Å². The Balaban J connectivity index is 0.000000429. The van der Waals surface area contributed by atoms with E-state index in [2.05, 4.69) is 104 Å². The monoisotopic (exact) mass is 546 g/mol. The third-order valence-electron chi connectivity index (χ3n) is 7.29. The molecule has 3 aromatic carbocycles. The number of benzene rings is 3. The van der Waals surface area contributed by atoms with Crippen molar-refractivity contribution in [2.24, 2.45) is 0 Å². The van der Waals surface area contributed by atoms with Crippen LogP contribution in [0.2, 0.25) is 19.9 Å². The van der Waals surface area contributed by atoms with Gasteiger partial charge in [-0.3, -0.25) is 9.80 Å². The third-order valence-corrected chi connectivity index (χ3v) is 14.8. The van der Waals surface area contributed by atoms with Crippen molar-refractivity contribution in [2.45, 2.75) is 55.2 Å². The molecule has 1 aliphatic rings. The van der Waals surface area contributed by atoms with Gasteiger partial charge in [0.2, 0.25) is 0 Å². The first-order valence-corrected chi connectivity index (χ1v) is 18.9. The van der Waals surface area contributed by atoms with Crippen LogP contribution < -0.4 is 0 Å². The molecule has 1 unspecified atom stereocenters. The Labute approximate surface area is 224 Å². The standard InChI is InChI=1S/C25H27ClN2.3C2H5.Ga/c1-20-6-5-7-21(18-20)19-27-14-16-28(17-15-27)25(22-8-3-2-4-9-22)23-10-12-24(26)13-11-23;3*1-2;/h2-13,18,25H,14-17,19H2,1H3;3*1H2,2H3;. The average Bonchev–Trinajstić information content (AvgIpc) is 2.89. The summed E-state index contributed by atoms with van der Waals surface area (Å²) in [6, 6.07) is 28.3. The van der Waals surface area contributed by atoms with E-state index in [9.17, 15) is 0 Å². The summed E-state index contributed by atoms with van der Waals surface area (Å²) in [6.45, 7) is 14.5. The topological polar surface area (TPSA) is 6.48 Å². The van der Waals surface area contributed by atoms with Gasteiger partial charge in [0.25, 0.3) is 0 Å². The predicted octanol–water partition coefficient (Wildman–Crippen LogP) is 8.10. The van der Waals surface area contributed by atoms with Gasteiger partial charge in [-0.2, -0.15) is 0 Å². The minimum Gasteiger partial charge on any atom is -0.297 e. The van der Waals surface area contributed by atoms with Crippen molar-refractivity contribution in [3.8, 4) is 0 Å². The molecule has 1 aliphatic heterocycles. The van der Waals surface area contributed by atoms with Gasteiger partial charge in [0.1, 0.15) is 0 Å². The van der Waals surface area contributed by atoms with Crippen molar-refractivity contribution in [1.29, 1.82) is 0 Å². The van der Waals surface area contributed by atoms with Gasteiger partial charge >= 0.3 is 51.9 Å². The molecular formula is C31H42ClGaN2. The Bertz CT molecular complexity index is 975. The average molecular weight is 548 g/mol. The predicted molar refractivity (Wildman–Crippen MR) is 155 cm³/mol. The molecule has 1 atom stereocenters. The number of hydrogen-bond acceptors (Lipinski definition) is 2. The van der Waals surface area contributed by atoms with Crippen LogP contribution in [0.15, 0.2) is 78.9 Å². The van der Waals surface area contributed by atoms with Gasteiger partial charge < -0.3 is 0 Å². The second-order valence-corrected chi connectivity index (χ2v) is 19.0. The summed E-state index contributed by atoms with van der Waals surface area (Å²) in [6.07, 6.45) is 0. The Hall–Kier alpha value is -1.49. The van der Waals surface area contributed by atoms with Crippen LogP contribution in [0.5, 0.6) is 0 Å². The molecule has 1 saturated heterocycles. The maximum Gasteiger partial charge on any atom is 0.0602 e. The molecule has 0 aliphatic carbocycles. The van der Waals surface area contributed by atoms with Crippen LogP contribution in [0.1, 0.15) is 49.1 Å². The maximum atomic E-state index is 6.14. The summed E-state index contributed by atoms with van der Waals surface area (Å²) in [7, 11) is 0. The third kappa shape index (κ3) is 8.84. The van der Waals surface area contributed by atoms with Gasteiger partial charge in [0.15, 0.2) is 0 Å². The number of piperazine rings is 1. The van der Waals surface area contributed by atoms with E-state index in [-0.39, 0.29) is 6.04 Å². The number of rotatable bonds is 8. The van der Waals surface area contributed by atoms with Gasteiger partial charge in [-0.25, -0.2) is 0 Å². The van der Waals surface area contributed by atoms with E-state index in [0.717, 1.165) is 37.7 Å². The maximum absolute atomic E-state index is 6.14. The van der Waals surface area contributed by atoms with Crippen LogP contribution in [0.25, 0.3) is 0 Å². The first-order chi connectivity index (χ1) is 17.0. The van der Waals surface area contributed by atoms with E-state index in [1.165, 1.54) is 22.3 Å². The molecule has 35 heavy (non-hydrogen) atoms. The van der Waals surface area contributed by atoms with Crippen molar-refractivity contribution in [3.05, 3.63) is 106 Å². The number of hydrogen-bond donors (Lipinski definition) is 0. The normalized spacial score (nSPS) is 15.2. The largest absolute Gasteiger partial charge is 0.297 e. The van der Waals surface area contributed by atoms with Crippen molar-refractivity contribution in [1.82, 2.24) is 9.80 Å². The summed E-state index contributed by atoms with van der Waals surface area (Å²) in [5.74, 6) is 0. The molecule has 0 N–H and O–H groups in total. The zero-order valence-corrected chi connectivity index (χ0v) is 25.3. The van der Waals surface area contributed by atoms with Crippen molar-refractivity contribution in [3.63, 3.8) is 0 Å². The van der Waals surface area contributed by atoms with E-state index in [1.807, 2.05) is 12.1 Å². The molecule has 0 radical (unpaired) electrons. The van der Waals surface area contributed by atoms with E-state index in [1.54, 1.807) is 14.9 Å². The second-order valence-electron chi connectivity index (χ2n) is 9.76. The van der Waals surface area contributed by atoms with Crippen LogP contribution in [0, 0.1) is 6.92 Å². The number of nitrogens with zero attached hydrogens (tertiary/aromatic N) is 2. The van der Waals surface area contributed by atoms with E-state index >= 15 is 0 Å². The molecule has 4 heteroatoms. The van der Waals surface area contributed by atoms with Crippen molar-refractivity contribution < 1.29 is 0 Å². The Morgan fingerprint density at radius 1 is 0.743 bits per heavy atom. The van der Waals surface area contributed by atoms with Crippen molar-refractivity contribution >= 4 is 27.8 Å². The van der Waals surface area contributed by atoms with Gasteiger partial charge in [0.05, 0.1) is 6.04 Å². The molecule has 186 valence electrons. The van der Waals surface area contributed by atoms with E-state index < -0.39 is 16.2 Å². The molecule has 0 spiro atoms. The van der Waals surface area contributed by atoms with Gasteiger partial charge in [-0.1, -0.05) is 83.9 Å². The van der Waals surface area contributed by atoms with Gasteiger partial charge in [-0.05, 0) is 35.7 Å². The molecular weight excluding hydrogens is 506 g/mol. The van der Waals surface area contributed by atoms with E-state index in [0.29, 0.717) is 0 Å². The number of aryl methyl sites for hydroxylation is 1. The van der Waals surface area contributed by atoms with Crippen LogP contribution in [0.4, 0.5) is 0 Å². The zero-order chi connectivity index (χ0) is 25.0. The van der Waals surface area contributed by atoms with E-state index in [4.69, 9.17) is 11.6 Å². The molecule has 3 aromatic rings. The molecule has 2 nitrogen and oxygen atoms in total. The summed E-state index contributed by atoms with van der Waals surface area (Å²) < 4.78 is 0. The minimum atomic E-state index is -0.576. The zero-order valence-electron chi connectivity index (χ0n) is 22.1. The van der Waals surface area contributed by atoms with Crippen molar-refractivity contribution in [2.75, 3.05) is 26.2 Å². The summed E-state index contributed by atoms with van der Waals surface area (Å²) in [5, 5.41) is 0.790. The van der Waals surface area contributed by atoms with Crippen LogP contribution in [-0.2, 0) is 6.54 Å². The quantitative estimate of drug-likeness (QED) is 0.263. The fourth-order valence-corrected chi connectivity index (χ4v) is 8.77. The first kappa shape index (κ1) is 28.1. The first-order valence-electron chi connectivity index (χ1n) is 13.4. The fraction of sp³-hybridized carbons (Fsp3) is 0.419. The summed E-state index contributed by atoms with van der Waals surface area (Å²) in [4.78, 5) is 9.79. The smallest absolute Gasteiger partial charge is 0.0602 e. The minimum absolute atomic E-state index is 0.277. The Morgan fingerprint density at radius 3 is 1.89 bits per heavy atom. The van der Waals surface area contributed by atoms with Gasteiger partial charge in [0, 0.05) is 37.7 Å². The molecule has 0 bridgehead atoms. The Morgan fingerprint density at radius 2 is 1.34 bits per heavy atom. The van der Waals surface area contributed by atoms with Crippen LogP contribution in [0.3, 0.4) is 0 Å². The SMILES string of the molecule is C[CH2][Ga]([CH2]C)[CH2]C.Cc1cccc(CN2CCN(C(c3ccccc3)c3ccc(Cl)cc3)CC2)c1. The molecule has 4 rings (SSSR count).